The number of rotatable bonds is 7. The number of benzene rings is 2. The first-order valence-corrected chi connectivity index (χ1v) is 7.16. The number of hydrogen-bond donors (Lipinski definition) is 1. The number of nitrogens with one attached hydrogen (secondary N) is 1. The van der Waals surface area contributed by atoms with E-state index in [0.29, 0.717) is 17.6 Å². The number of ether oxygens (including phenoxy) is 3. The van der Waals surface area contributed by atoms with Crippen molar-refractivity contribution in [1.29, 1.82) is 0 Å². The van der Waals surface area contributed by atoms with E-state index < -0.39 is 36.7 Å². The van der Waals surface area contributed by atoms with Crippen molar-refractivity contribution in [3.63, 3.8) is 0 Å². The molecule has 2 aromatic carbocycles. The van der Waals surface area contributed by atoms with E-state index in [1.54, 1.807) is 24.3 Å². The maximum absolute atomic E-state index is 13.4. The van der Waals surface area contributed by atoms with Gasteiger partial charge in [-0.3, -0.25) is 4.79 Å². The predicted octanol–water partition coefficient (Wildman–Crippen LogP) is 2.53. The molecule has 0 unspecified atom stereocenters. The van der Waals surface area contributed by atoms with Crippen LogP contribution in [0.1, 0.15) is 0 Å². The molecule has 6 nitrogen and oxygen atoms in total. The molecule has 0 aliphatic rings. The third kappa shape index (κ3) is 5.45. The number of esters is 1. The molecular weight excluding hydrogens is 336 g/mol. The Morgan fingerprint density at radius 2 is 1.76 bits per heavy atom. The molecule has 0 aromatic heterocycles. The minimum absolute atomic E-state index is 0.215. The van der Waals surface area contributed by atoms with Crippen molar-refractivity contribution in [2.75, 3.05) is 25.6 Å². The van der Waals surface area contributed by atoms with E-state index in [0.717, 1.165) is 12.1 Å². The van der Waals surface area contributed by atoms with Gasteiger partial charge in [0.2, 0.25) is 0 Å². The largest absolute Gasteiger partial charge is 0.493 e. The first-order chi connectivity index (χ1) is 12.0. The van der Waals surface area contributed by atoms with Crippen LogP contribution in [0.4, 0.5) is 14.5 Å². The maximum atomic E-state index is 13.4. The van der Waals surface area contributed by atoms with E-state index in [9.17, 15) is 18.4 Å². The normalized spacial score (nSPS) is 10.0. The first-order valence-electron chi connectivity index (χ1n) is 7.16. The molecule has 0 aliphatic heterocycles. The molecule has 0 bridgehead atoms. The van der Waals surface area contributed by atoms with Crippen molar-refractivity contribution in [1.82, 2.24) is 0 Å². The fraction of sp³-hybridized carbons (Fsp3) is 0.176. The molecular formula is C17H15F2NO5. The van der Waals surface area contributed by atoms with Gasteiger partial charge < -0.3 is 19.5 Å². The third-order valence-corrected chi connectivity index (χ3v) is 2.98. The Kier molecular flexibility index (Phi) is 6.27. The van der Waals surface area contributed by atoms with Gasteiger partial charge in [0.05, 0.1) is 12.8 Å². The summed E-state index contributed by atoms with van der Waals surface area (Å²) < 4.78 is 41.2. The van der Waals surface area contributed by atoms with Crippen LogP contribution < -0.4 is 14.8 Å². The standard InChI is InChI=1S/C17H15F2NO5/c1-23-14-4-2-3-5-15(14)24-10-17(22)25-9-16(21)20-13-7-6-11(18)8-12(13)19/h2-8H,9-10H2,1H3,(H,20,21). The zero-order chi connectivity index (χ0) is 18.2. The van der Waals surface area contributed by atoms with Gasteiger partial charge in [0.15, 0.2) is 24.7 Å². The molecule has 2 aromatic rings. The molecule has 0 saturated heterocycles. The van der Waals surface area contributed by atoms with E-state index in [1.807, 2.05) is 0 Å². The zero-order valence-electron chi connectivity index (χ0n) is 13.3. The number of carbonyl (C=O) groups excluding carboxylic acids is 2. The first kappa shape index (κ1) is 18.2. The van der Waals surface area contributed by atoms with Gasteiger partial charge in [-0.15, -0.1) is 0 Å². The van der Waals surface area contributed by atoms with Crippen LogP contribution in [0.3, 0.4) is 0 Å². The molecule has 0 heterocycles. The lowest BCUT2D eigenvalue weighted by molar-refractivity contribution is -0.149. The lowest BCUT2D eigenvalue weighted by Crippen LogP contribution is -2.24. The number of hydrogen-bond acceptors (Lipinski definition) is 5. The highest BCUT2D eigenvalue weighted by atomic mass is 19.1. The Labute approximate surface area is 142 Å². The van der Waals surface area contributed by atoms with Crippen LogP contribution in [-0.2, 0) is 14.3 Å². The van der Waals surface area contributed by atoms with Crippen LogP contribution in [-0.4, -0.2) is 32.2 Å². The van der Waals surface area contributed by atoms with Gasteiger partial charge in [-0.25, -0.2) is 13.6 Å². The van der Waals surface area contributed by atoms with Crippen molar-refractivity contribution in [2.45, 2.75) is 0 Å². The highest BCUT2D eigenvalue weighted by Crippen LogP contribution is 2.25. The molecule has 1 amide bonds. The monoisotopic (exact) mass is 351 g/mol. The van der Waals surface area contributed by atoms with Crippen LogP contribution in [0.25, 0.3) is 0 Å². The van der Waals surface area contributed by atoms with Crippen LogP contribution in [0.15, 0.2) is 42.5 Å². The lowest BCUT2D eigenvalue weighted by Gasteiger charge is -2.10. The predicted molar refractivity (Wildman–Crippen MR) is 84.4 cm³/mol. The van der Waals surface area contributed by atoms with Crippen molar-refractivity contribution in [2.24, 2.45) is 0 Å². The molecule has 0 spiro atoms. The molecule has 1 N–H and O–H groups in total. The van der Waals surface area contributed by atoms with Crippen LogP contribution >= 0.6 is 0 Å². The van der Waals surface area contributed by atoms with Gasteiger partial charge in [0.25, 0.3) is 5.91 Å². The third-order valence-electron chi connectivity index (χ3n) is 2.98. The number of methoxy groups -OCH3 is 1. The van der Waals surface area contributed by atoms with Crippen molar-refractivity contribution in [3.8, 4) is 11.5 Å². The minimum Gasteiger partial charge on any atom is -0.493 e. The zero-order valence-corrected chi connectivity index (χ0v) is 13.3. The molecule has 2 rings (SSSR count). The summed E-state index contributed by atoms with van der Waals surface area (Å²) in [6.07, 6.45) is 0. The summed E-state index contributed by atoms with van der Waals surface area (Å²) in [7, 11) is 1.46. The summed E-state index contributed by atoms with van der Waals surface area (Å²) in [6.45, 7) is -1.07. The number of halogens is 2. The molecule has 0 radical (unpaired) electrons. The van der Waals surface area contributed by atoms with Gasteiger partial charge >= 0.3 is 5.97 Å². The molecule has 0 saturated carbocycles. The van der Waals surface area contributed by atoms with Gasteiger partial charge in [-0.1, -0.05) is 12.1 Å². The van der Waals surface area contributed by atoms with Gasteiger partial charge in [-0.2, -0.15) is 0 Å². The summed E-state index contributed by atoms with van der Waals surface area (Å²) in [4.78, 5) is 23.2. The summed E-state index contributed by atoms with van der Waals surface area (Å²) in [5, 5.41) is 2.17. The second-order valence-corrected chi connectivity index (χ2v) is 4.77. The van der Waals surface area contributed by atoms with E-state index in [4.69, 9.17) is 14.2 Å². The van der Waals surface area contributed by atoms with E-state index in [1.165, 1.54) is 7.11 Å². The fourth-order valence-electron chi connectivity index (χ4n) is 1.84. The highest BCUT2D eigenvalue weighted by molar-refractivity contribution is 5.92. The number of para-hydroxylation sites is 2. The summed E-state index contributed by atoms with van der Waals surface area (Å²) in [5.74, 6) is -2.47. The summed E-state index contributed by atoms with van der Waals surface area (Å²) in [5.41, 5.74) is -0.215. The second-order valence-electron chi connectivity index (χ2n) is 4.77. The average molecular weight is 351 g/mol. The summed E-state index contributed by atoms with van der Waals surface area (Å²) >= 11 is 0. The highest BCUT2D eigenvalue weighted by Gasteiger charge is 2.12. The second kappa shape index (κ2) is 8.62. The van der Waals surface area contributed by atoms with E-state index >= 15 is 0 Å². The topological polar surface area (TPSA) is 73.9 Å². The van der Waals surface area contributed by atoms with Gasteiger partial charge in [0, 0.05) is 6.07 Å². The minimum atomic E-state index is -0.931. The molecule has 0 atom stereocenters. The summed E-state index contributed by atoms with van der Waals surface area (Å²) in [6, 6.07) is 9.39. The molecule has 0 aliphatic carbocycles. The Hall–Kier alpha value is -3.16. The lowest BCUT2D eigenvalue weighted by atomic mass is 10.3. The van der Waals surface area contributed by atoms with Crippen molar-refractivity contribution >= 4 is 17.6 Å². The van der Waals surface area contributed by atoms with Crippen LogP contribution in [0.5, 0.6) is 11.5 Å². The van der Waals surface area contributed by atoms with Crippen molar-refractivity contribution in [3.05, 3.63) is 54.1 Å². The Morgan fingerprint density at radius 1 is 1.04 bits per heavy atom. The van der Waals surface area contributed by atoms with Gasteiger partial charge in [0.1, 0.15) is 11.6 Å². The molecule has 132 valence electrons. The SMILES string of the molecule is COc1ccccc1OCC(=O)OCC(=O)Nc1ccc(F)cc1F. The van der Waals surface area contributed by atoms with Crippen LogP contribution in [0.2, 0.25) is 0 Å². The van der Waals surface area contributed by atoms with Crippen molar-refractivity contribution < 1.29 is 32.6 Å². The molecule has 0 fully saturated rings. The number of carbonyl (C=O) groups is 2. The average Bonchev–Trinajstić information content (AvgIpc) is 2.60. The van der Waals surface area contributed by atoms with E-state index in [-0.39, 0.29) is 5.69 Å². The fourth-order valence-corrected chi connectivity index (χ4v) is 1.84. The number of anilines is 1. The van der Waals surface area contributed by atoms with Gasteiger partial charge in [-0.05, 0) is 24.3 Å². The maximum Gasteiger partial charge on any atom is 0.344 e. The quantitative estimate of drug-likeness (QED) is 0.776. The smallest absolute Gasteiger partial charge is 0.344 e. The Morgan fingerprint density at radius 3 is 2.44 bits per heavy atom. The Balaban J connectivity index is 1.78. The molecule has 25 heavy (non-hydrogen) atoms. The Bertz CT molecular complexity index is 766. The van der Waals surface area contributed by atoms with E-state index in [2.05, 4.69) is 5.32 Å². The molecule has 8 heteroatoms. The number of amides is 1. The van der Waals surface area contributed by atoms with Crippen LogP contribution in [0, 0.1) is 11.6 Å².